The van der Waals surface area contributed by atoms with Crippen LogP contribution in [-0.2, 0) is 9.84 Å². The Morgan fingerprint density at radius 1 is 1.43 bits per heavy atom. The lowest BCUT2D eigenvalue weighted by Gasteiger charge is -2.20. The van der Waals surface area contributed by atoms with Crippen molar-refractivity contribution in [3.8, 4) is 0 Å². The van der Waals surface area contributed by atoms with Crippen molar-refractivity contribution in [2.45, 2.75) is 23.3 Å². The second-order valence-electron chi connectivity index (χ2n) is 4.90. The molecular weight excluding hydrogens is 298 g/mol. The Morgan fingerprint density at radius 2 is 2.24 bits per heavy atom. The van der Waals surface area contributed by atoms with Gasteiger partial charge in [-0.15, -0.1) is 0 Å². The van der Waals surface area contributed by atoms with Gasteiger partial charge in [0.2, 0.25) is 9.84 Å². The molecule has 1 aromatic heterocycles. The number of piperidine rings is 1. The number of benzene rings is 1. The van der Waals surface area contributed by atoms with Gasteiger partial charge in [0.05, 0.1) is 10.2 Å². The molecule has 1 saturated heterocycles. The fraction of sp³-hybridized carbons (Fsp3) is 0.417. The number of nitro benzene ring substituents is 1. The van der Waals surface area contributed by atoms with Gasteiger partial charge in [-0.3, -0.25) is 10.1 Å². The van der Waals surface area contributed by atoms with Gasteiger partial charge in [-0.25, -0.2) is 8.42 Å². The van der Waals surface area contributed by atoms with E-state index < -0.39 is 20.0 Å². The van der Waals surface area contributed by atoms with Gasteiger partial charge >= 0.3 is 5.22 Å². The number of nitrogens with zero attached hydrogens (tertiary/aromatic N) is 2. The standard InChI is InChI=1S/C12H13N3O5S/c16-15(17)8-3-4-11-10(6-8)14-12(20-11)21(18,19)9-2-1-5-13-7-9/h3-4,6,9,13H,1-2,5,7H2/t9-/m1/s1. The summed E-state index contributed by atoms with van der Waals surface area (Å²) in [7, 11) is -3.67. The summed E-state index contributed by atoms with van der Waals surface area (Å²) in [5.74, 6) is 0. The molecule has 1 atom stereocenters. The lowest BCUT2D eigenvalue weighted by molar-refractivity contribution is -0.384. The maximum absolute atomic E-state index is 12.4. The highest BCUT2D eigenvalue weighted by molar-refractivity contribution is 7.91. The van der Waals surface area contributed by atoms with Crippen molar-refractivity contribution in [3.63, 3.8) is 0 Å². The third-order valence-electron chi connectivity index (χ3n) is 3.50. The molecule has 2 heterocycles. The fourth-order valence-corrected chi connectivity index (χ4v) is 3.89. The Balaban J connectivity index is 2.02. The van der Waals surface area contributed by atoms with Crippen LogP contribution in [0.3, 0.4) is 0 Å². The number of hydrogen-bond donors (Lipinski definition) is 1. The molecule has 0 radical (unpaired) electrons. The first-order valence-electron chi connectivity index (χ1n) is 6.48. The van der Waals surface area contributed by atoms with E-state index in [1.807, 2.05) is 0 Å². The molecule has 8 nitrogen and oxygen atoms in total. The summed E-state index contributed by atoms with van der Waals surface area (Å²) in [6, 6.07) is 3.82. The average molecular weight is 311 g/mol. The minimum atomic E-state index is -3.67. The molecule has 1 aromatic carbocycles. The van der Waals surface area contributed by atoms with Crippen molar-refractivity contribution in [3.05, 3.63) is 28.3 Å². The zero-order chi connectivity index (χ0) is 15.0. The minimum absolute atomic E-state index is 0.154. The molecule has 0 spiro atoms. The predicted molar refractivity (Wildman–Crippen MR) is 73.7 cm³/mol. The van der Waals surface area contributed by atoms with Crippen molar-refractivity contribution >= 4 is 26.6 Å². The molecule has 2 aromatic rings. The van der Waals surface area contributed by atoms with Crippen LogP contribution in [0, 0.1) is 10.1 Å². The highest BCUT2D eigenvalue weighted by atomic mass is 32.2. The van der Waals surface area contributed by atoms with Crippen LogP contribution < -0.4 is 5.32 Å². The van der Waals surface area contributed by atoms with Crippen LogP contribution in [-0.4, -0.2) is 36.7 Å². The van der Waals surface area contributed by atoms with E-state index in [0.29, 0.717) is 13.0 Å². The highest BCUT2D eigenvalue weighted by Gasteiger charge is 2.33. The van der Waals surface area contributed by atoms with Crippen LogP contribution in [0.25, 0.3) is 11.1 Å². The first kappa shape index (κ1) is 14.0. The van der Waals surface area contributed by atoms with Crippen LogP contribution in [0.2, 0.25) is 0 Å². The van der Waals surface area contributed by atoms with Crippen LogP contribution >= 0.6 is 0 Å². The number of hydrogen-bond acceptors (Lipinski definition) is 7. The van der Waals surface area contributed by atoms with Crippen LogP contribution in [0.5, 0.6) is 0 Å². The van der Waals surface area contributed by atoms with Crippen molar-refractivity contribution < 1.29 is 17.8 Å². The number of rotatable bonds is 3. The largest absolute Gasteiger partial charge is 0.428 e. The van der Waals surface area contributed by atoms with Gasteiger partial charge in [-0.1, -0.05) is 0 Å². The van der Waals surface area contributed by atoms with Crippen molar-refractivity contribution in [1.82, 2.24) is 10.3 Å². The van der Waals surface area contributed by atoms with Gasteiger partial charge < -0.3 is 9.73 Å². The SMILES string of the molecule is O=[N+]([O-])c1ccc2oc(S(=O)(=O)[C@@H]3CCCNC3)nc2c1. The number of nitro groups is 1. The van der Waals surface area contributed by atoms with Crippen molar-refractivity contribution in [2.75, 3.05) is 13.1 Å². The fourth-order valence-electron chi connectivity index (χ4n) is 2.36. The summed E-state index contributed by atoms with van der Waals surface area (Å²) in [5, 5.41) is 12.8. The molecule has 0 aliphatic carbocycles. The second kappa shape index (κ2) is 5.08. The monoisotopic (exact) mass is 311 g/mol. The lowest BCUT2D eigenvalue weighted by atomic mass is 10.2. The summed E-state index contributed by atoms with van der Waals surface area (Å²) >= 11 is 0. The molecule has 0 saturated carbocycles. The molecule has 1 aliphatic rings. The van der Waals surface area contributed by atoms with Gasteiger partial charge in [0.1, 0.15) is 5.52 Å². The zero-order valence-electron chi connectivity index (χ0n) is 11.0. The number of oxazole rings is 1. The normalized spacial score (nSPS) is 19.7. The van der Waals surface area contributed by atoms with E-state index in [-0.39, 0.29) is 22.0 Å². The minimum Gasteiger partial charge on any atom is -0.428 e. The van der Waals surface area contributed by atoms with Gasteiger partial charge in [-0.2, -0.15) is 4.98 Å². The van der Waals surface area contributed by atoms with Crippen LogP contribution in [0.1, 0.15) is 12.8 Å². The molecule has 1 fully saturated rings. The summed E-state index contributed by atoms with van der Waals surface area (Å²) in [6.45, 7) is 1.16. The molecule has 1 N–H and O–H groups in total. The Bertz CT molecular complexity index is 792. The Morgan fingerprint density at radius 3 is 2.90 bits per heavy atom. The summed E-state index contributed by atoms with van der Waals surface area (Å²) < 4.78 is 30.2. The third-order valence-corrected chi connectivity index (χ3v) is 5.44. The molecule has 0 bridgehead atoms. The van der Waals surface area contributed by atoms with E-state index in [9.17, 15) is 18.5 Å². The number of nitrogens with one attached hydrogen (secondary N) is 1. The van der Waals surface area contributed by atoms with E-state index in [1.165, 1.54) is 18.2 Å². The first-order valence-corrected chi connectivity index (χ1v) is 8.03. The molecule has 1 aliphatic heterocycles. The lowest BCUT2D eigenvalue weighted by Crippen LogP contribution is -2.38. The van der Waals surface area contributed by atoms with Crippen molar-refractivity contribution in [1.29, 1.82) is 0 Å². The highest BCUT2D eigenvalue weighted by Crippen LogP contribution is 2.26. The molecule has 0 amide bonds. The predicted octanol–water partition coefficient (Wildman–Crippen LogP) is 1.26. The number of fused-ring (bicyclic) bond motifs is 1. The maximum Gasteiger partial charge on any atom is 0.316 e. The Kier molecular flexibility index (Phi) is 3.38. The number of sulfone groups is 1. The average Bonchev–Trinajstić information content (AvgIpc) is 2.91. The third kappa shape index (κ3) is 2.49. The quantitative estimate of drug-likeness (QED) is 0.670. The van der Waals surface area contributed by atoms with Gasteiger partial charge in [0, 0.05) is 18.7 Å². The topological polar surface area (TPSA) is 115 Å². The summed E-state index contributed by atoms with van der Waals surface area (Å²) in [4.78, 5) is 14.1. The maximum atomic E-state index is 12.4. The molecule has 112 valence electrons. The number of non-ortho nitro benzene ring substituents is 1. The second-order valence-corrected chi connectivity index (χ2v) is 7.01. The molecule has 9 heteroatoms. The Labute approximate surface area is 120 Å². The summed E-state index contributed by atoms with van der Waals surface area (Å²) in [6.07, 6.45) is 1.32. The van der Waals surface area contributed by atoms with Crippen LogP contribution in [0.4, 0.5) is 5.69 Å². The first-order chi connectivity index (χ1) is 9.98. The van der Waals surface area contributed by atoms with E-state index in [1.54, 1.807) is 0 Å². The van der Waals surface area contributed by atoms with Gasteiger partial charge in [0.15, 0.2) is 5.58 Å². The molecule has 0 unspecified atom stereocenters. The number of aromatic nitrogens is 1. The molecule has 3 rings (SSSR count). The zero-order valence-corrected chi connectivity index (χ0v) is 11.8. The van der Waals surface area contributed by atoms with Gasteiger partial charge in [-0.05, 0) is 25.5 Å². The molecule has 21 heavy (non-hydrogen) atoms. The van der Waals surface area contributed by atoms with Crippen LogP contribution in [0.15, 0.2) is 27.8 Å². The van der Waals surface area contributed by atoms with Crippen molar-refractivity contribution in [2.24, 2.45) is 0 Å². The smallest absolute Gasteiger partial charge is 0.316 e. The van der Waals surface area contributed by atoms with E-state index in [4.69, 9.17) is 4.42 Å². The van der Waals surface area contributed by atoms with E-state index >= 15 is 0 Å². The van der Waals surface area contributed by atoms with Gasteiger partial charge in [0.25, 0.3) is 5.69 Å². The van der Waals surface area contributed by atoms with E-state index in [2.05, 4.69) is 10.3 Å². The van der Waals surface area contributed by atoms with E-state index in [0.717, 1.165) is 13.0 Å². The Hall–Kier alpha value is -2.00. The molecular formula is C12H13N3O5S. The summed E-state index contributed by atoms with van der Waals surface area (Å²) in [5.41, 5.74) is 0.244.